The molecule has 0 bridgehead atoms. The molecule has 242 valence electrons. The van der Waals surface area contributed by atoms with Gasteiger partial charge >= 0.3 is 0 Å². The number of aromatic nitrogens is 5. The van der Waals surface area contributed by atoms with Gasteiger partial charge in [-0.25, -0.2) is 18.7 Å². The maximum atomic E-state index is 13.9. The molecule has 3 aliphatic rings. The van der Waals surface area contributed by atoms with Gasteiger partial charge in [-0.2, -0.15) is 15.0 Å². The summed E-state index contributed by atoms with van der Waals surface area (Å²) in [7, 11) is 0. The number of allylic oxidation sites excluding steroid dienone is 2. The lowest BCUT2D eigenvalue weighted by atomic mass is 10.1. The molecule has 1 atom stereocenters. The van der Waals surface area contributed by atoms with E-state index in [9.17, 15) is 23.2 Å². The summed E-state index contributed by atoms with van der Waals surface area (Å²) in [4.78, 5) is 66.6. The highest BCUT2D eigenvalue weighted by Gasteiger charge is 2.35. The molecule has 3 aliphatic heterocycles. The Morgan fingerprint density at radius 3 is 2.24 bits per heavy atom. The normalized spacial score (nSPS) is 18.8. The lowest BCUT2D eigenvalue weighted by Crippen LogP contribution is -2.51. The van der Waals surface area contributed by atoms with Gasteiger partial charge in [0.05, 0.1) is 24.7 Å². The summed E-state index contributed by atoms with van der Waals surface area (Å²) < 4.78 is 33.2. The Balaban J connectivity index is 1.25. The first-order valence-corrected chi connectivity index (χ1v) is 15.1. The van der Waals surface area contributed by atoms with Gasteiger partial charge in [-0.3, -0.25) is 14.4 Å². The van der Waals surface area contributed by atoms with Gasteiger partial charge in [-0.1, -0.05) is 5.57 Å². The van der Waals surface area contributed by atoms with Gasteiger partial charge in [0.15, 0.2) is 11.6 Å². The van der Waals surface area contributed by atoms with Crippen LogP contribution in [0.4, 0.5) is 26.6 Å². The van der Waals surface area contributed by atoms with Gasteiger partial charge in [-0.15, -0.1) is 0 Å². The van der Waals surface area contributed by atoms with Crippen LogP contribution in [0.2, 0.25) is 0 Å². The average molecular weight is 629 g/mol. The number of hydrogen-bond acceptors (Lipinski definition) is 12. The molecule has 45 heavy (non-hydrogen) atoms. The number of ketones is 1. The fourth-order valence-corrected chi connectivity index (χ4v) is 5.62. The van der Waals surface area contributed by atoms with E-state index in [1.165, 1.54) is 12.3 Å². The van der Waals surface area contributed by atoms with Crippen LogP contribution in [0.5, 0.6) is 0 Å². The first-order chi connectivity index (χ1) is 21.6. The van der Waals surface area contributed by atoms with Gasteiger partial charge in [0.1, 0.15) is 5.69 Å². The number of amides is 2. The van der Waals surface area contributed by atoms with Gasteiger partial charge in [0.2, 0.25) is 29.7 Å². The zero-order chi connectivity index (χ0) is 32.1. The molecule has 14 nitrogen and oxygen atoms in total. The number of ether oxygens (including phenoxy) is 1. The minimum Gasteiger partial charge on any atom is -0.378 e. The van der Waals surface area contributed by atoms with E-state index < -0.39 is 12.1 Å². The Morgan fingerprint density at radius 2 is 1.60 bits per heavy atom. The molecule has 0 radical (unpaired) electrons. The minimum atomic E-state index is -2.92. The topological polar surface area (TPSA) is 164 Å². The number of nitrogens with zero attached hydrogens (tertiary/aromatic N) is 9. The van der Waals surface area contributed by atoms with Crippen LogP contribution in [0.3, 0.4) is 0 Å². The highest BCUT2D eigenvalue weighted by atomic mass is 19.3. The Hall–Kier alpha value is -4.34. The molecule has 0 spiro atoms. The third-order valence-electron chi connectivity index (χ3n) is 7.99. The fourth-order valence-electron chi connectivity index (χ4n) is 5.62. The summed E-state index contributed by atoms with van der Waals surface area (Å²) in [6.45, 7) is 8.14. The standard InChI is InChI=1S/C29H38F2N10O4/c1-18(2)15-20(42)3-4-22(43)41-6-5-19(17-41)26(44)38-7-9-39(10-8-38)28-35-25(21-16-33-27(32)34-23(21)24(30)31)36-29(37-28)40-11-13-45-14-12-40/h15-16,19,24H,3-14,17H2,1-2H3,(H2,32,33,34)/t19-/m0/s1. The van der Waals surface area contributed by atoms with Crippen LogP contribution in [0, 0.1) is 5.92 Å². The molecule has 2 amide bonds. The molecule has 3 fully saturated rings. The summed E-state index contributed by atoms with van der Waals surface area (Å²) in [5.41, 5.74) is 5.87. The van der Waals surface area contributed by atoms with E-state index in [1.807, 2.05) is 23.6 Å². The molecule has 2 aromatic heterocycles. The molecule has 0 aromatic carbocycles. The Labute approximate surface area is 259 Å². The van der Waals surface area contributed by atoms with E-state index in [0.29, 0.717) is 83.9 Å². The SMILES string of the molecule is CC(C)=CC(=O)CCC(=O)N1CC[C@H](C(=O)N2CCN(c3nc(-c4cnc(N)nc4C(F)F)nc(N4CCOCC4)n3)CC2)C1. The molecule has 5 rings (SSSR count). The second kappa shape index (κ2) is 14.2. The fraction of sp³-hybridized carbons (Fsp3) is 0.586. The second-order valence-electron chi connectivity index (χ2n) is 11.5. The van der Waals surface area contributed by atoms with Crippen LogP contribution in [0.15, 0.2) is 17.8 Å². The number of halogens is 2. The number of hydrogen-bond donors (Lipinski definition) is 1. The number of morpholine rings is 1. The maximum Gasteiger partial charge on any atom is 0.281 e. The van der Waals surface area contributed by atoms with Crippen LogP contribution in [-0.2, 0) is 19.1 Å². The first-order valence-electron chi connectivity index (χ1n) is 15.1. The molecule has 2 N–H and O–H groups in total. The van der Waals surface area contributed by atoms with Gasteiger partial charge in [0, 0.05) is 71.4 Å². The number of carbonyl (C=O) groups excluding carboxylic acids is 3. The van der Waals surface area contributed by atoms with Crippen molar-refractivity contribution in [2.75, 3.05) is 81.1 Å². The minimum absolute atomic E-state index is 0.00793. The number of likely N-dealkylation sites (tertiary alicyclic amines) is 1. The van der Waals surface area contributed by atoms with Crippen molar-refractivity contribution in [3.63, 3.8) is 0 Å². The molecule has 5 heterocycles. The number of alkyl halides is 2. The smallest absolute Gasteiger partial charge is 0.281 e. The van der Waals surface area contributed by atoms with Crippen molar-refractivity contribution in [1.82, 2.24) is 34.7 Å². The van der Waals surface area contributed by atoms with Crippen molar-refractivity contribution in [3.8, 4) is 11.4 Å². The number of rotatable bonds is 9. The Morgan fingerprint density at radius 1 is 0.933 bits per heavy atom. The zero-order valence-electron chi connectivity index (χ0n) is 25.5. The van der Waals surface area contributed by atoms with Gasteiger partial charge in [-0.05, 0) is 26.3 Å². The van der Waals surface area contributed by atoms with Crippen LogP contribution < -0.4 is 15.5 Å². The third-order valence-corrected chi connectivity index (χ3v) is 7.99. The molecule has 0 aliphatic carbocycles. The molecule has 0 unspecified atom stereocenters. The van der Waals surface area contributed by atoms with Crippen molar-refractivity contribution in [1.29, 1.82) is 0 Å². The summed E-state index contributed by atoms with van der Waals surface area (Å²) in [5, 5.41) is 0. The van der Waals surface area contributed by atoms with E-state index in [2.05, 4.69) is 24.9 Å². The van der Waals surface area contributed by atoms with Gasteiger partial charge in [0.25, 0.3) is 6.43 Å². The van der Waals surface area contributed by atoms with Crippen molar-refractivity contribution < 1.29 is 27.9 Å². The van der Waals surface area contributed by atoms with E-state index >= 15 is 0 Å². The largest absolute Gasteiger partial charge is 0.378 e. The summed E-state index contributed by atoms with van der Waals surface area (Å²) >= 11 is 0. The van der Waals surface area contributed by atoms with Crippen LogP contribution in [0.25, 0.3) is 11.4 Å². The first kappa shape index (κ1) is 32.1. The van der Waals surface area contributed by atoms with Crippen molar-refractivity contribution in [2.45, 2.75) is 39.5 Å². The lowest BCUT2D eigenvalue weighted by molar-refractivity contribution is -0.136. The quantitative estimate of drug-likeness (QED) is 0.399. The number of nitrogen functional groups attached to an aromatic ring is 1. The summed E-state index contributed by atoms with van der Waals surface area (Å²) in [6.07, 6.45) is 0.671. The molecule has 0 saturated carbocycles. The van der Waals surface area contributed by atoms with Crippen molar-refractivity contribution in [3.05, 3.63) is 23.5 Å². The highest BCUT2D eigenvalue weighted by Crippen LogP contribution is 2.30. The van der Waals surface area contributed by atoms with E-state index in [1.54, 1.807) is 9.80 Å². The second-order valence-corrected chi connectivity index (χ2v) is 11.5. The molecule has 16 heteroatoms. The highest BCUT2D eigenvalue weighted by molar-refractivity contribution is 5.93. The monoisotopic (exact) mass is 628 g/mol. The predicted octanol–water partition coefficient (Wildman–Crippen LogP) is 1.50. The van der Waals surface area contributed by atoms with Gasteiger partial charge < -0.3 is 30.1 Å². The van der Waals surface area contributed by atoms with Crippen LogP contribution in [0.1, 0.15) is 45.2 Å². The predicted molar refractivity (Wildman–Crippen MR) is 160 cm³/mol. The molecular weight excluding hydrogens is 590 g/mol. The van der Waals surface area contributed by atoms with Crippen molar-refractivity contribution in [2.24, 2.45) is 5.92 Å². The Kier molecular flexibility index (Phi) is 10.1. The van der Waals surface area contributed by atoms with Crippen LogP contribution >= 0.6 is 0 Å². The van der Waals surface area contributed by atoms with Crippen molar-refractivity contribution >= 4 is 35.4 Å². The molecular formula is C29H38F2N10O4. The average Bonchev–Trinajstić information content (AvgIpc) is 3.54. The number of nitrogens with two attached hydrogens (primary N) is 1. The number of anilines is 3. The third kappa shape index (κ3) is 7.85. The van der Waals surface area contributed by atoms with Crippen LogP contribution in [-0.4, -0.2) is 118 Å². The lowest BCUT2D eigenvalue weighted by Gasteiger charge is -2.36. The number of piperazine rings is 1. The molecule has 3 saturated heterocycles. The van der Waals surface area contributed by atoms with E-state index in [0.717, 1.165) is 5.57 Å². The number of carbonyl (C=O) groups is 3. The summed E-state index contributed by atoms with van der Waals surface area (Å²) in [6, 6.07) is 0. The summed E-state index contributed by atoms with van der Waals surface area (Å²) in [5.74, 6) is -0.158. The zero-order valence-corrected chi connectivity index (χ0v) is 25.5. The maximum absolute atomic E-state index is 13.9. The Bertz CT molecular complexity index is 1440. The van der Waals surface area contributed by atoms with E-state index in [-0.39, 0.29) is 53.7 Å². The van der Waals surface area contributed by atoms with E-state index in [4.69, 9.17) is 10.5 Å². The molecule has 2 aromatic rings.